The molecule has 0 aliphatic carbocycles. The molecule has 0 spiro atoms. The molecule has 18 heavy (non-hydrogen) atoms. The van der Waals surface area contributed by atoms with Crippen LogP contribution in [-0.4, -0.2) is 26.2 Å². The molecule has 100 valence electrons. The molecule has 5 heteroatoms. The van der Waals surface area contributed by atoms with Gasteiger partial charge in [0.25, 0.3) is 0 Å². The van der Waals surface area contributed by atoms with Gasteiger partial charge in [-0.05, 0) is 12.0 Å². The molecule has 1 unspecified atom stereocenters. The predicted octanol–water partition coefficient (Wildman–Crippen LogP) is 1.47. The molecule has 0 saturated heterocycles. The van der Waals surface area contributed by atoms with Gasteiger partial charge < -0.3 is 5.73 Å². The van der Waals surface area contributed by atoms with E-state index in [1.807, 2.05) is 30.3 Å². The molecule has 0 aliphatic rings. The van der Waals surface area contributed by atoms with Crippen LogP contribution in [0.2, 0.25) is 0 Å². The molecule has 1 rings (SSSR count). The number of nitrogens with two attached hydrogens (primary N) is 1. The molecule has 0 aromatic heterocycles. The van der Waals surface area contributed by atoms with Crippen molar-refractivity contribution in [1.29, 1.82) is 0 Å². The van der Waals surface area contributed by atoms with Crippen LogP contribution in [0.3, 0.4) is 0 Å². The Morgan fingerprint density at radius 2 is 1.89 bits per heavy atom. The number of carbonyl (C=O) groups excluding carboxylic acids is 1. The molecule has 0 amide bonds. The third kappa shape index (κ3) is 5.93. The Kier molecular flexibility index (Phi) is 5.50. The smallest absolute Gasteiger partial charge is 0.147 e. The Hall–Kier alpha value is -1.20. The van der Waals surface area contributed by atoms with Crippen LogP contribution < -0.4 is 5.73 Å². The van der Waals surface area contributed by atoms with Crippen molar-refractivity contribution in [3.8, 4) is 0 Å². The van der Waals surface area contributed by atoms with E-state index in [2.05, 4.69) is 0 Å². The summed E-state index contributed by atoms with van der Waals surface area (Å²) in [6, 6.07) is 9.11. The van der Waals surface area contributed by atoms with Crippen molar-refractivity contribution in [2.24, 2.45) is 5.73 Å². The zero-order valence-electron chi connectivity index (χ0n) is 10.5. The van der Waals surface area contributed by atoms with E-state index >= 15 is 0 Å². The van der Waals surface area contributed by atoms with Gasteiger partial charge in [-0.2, -0.15) is 0 Å². The zero-order valence-corrected chi connectivity index (χ0v) is 11.3. The van der Waals surface area contributed by atoms with Crippen LogP contribution in [0.1, 0.15) is 30.9 Å². The number of ketones is 1. The Morgan fingerprint density at radius 1 is 1.28 bits per heavy atom. The lowest BCUT2D eigenvalue weighted by atomic mass is 10.0. The maximum absolute atomic E-state index is 11.6. The molecule has 1 aromatic rings. The first-order chi connectivity index (χ1) is 8.38. The molecule has 1 atom stereocenters. The first kappa shape index (κ1) is 14.9. The van der Waals surface area contributed by atoms with Crippen LogP contribution in [0, 0.1) is 0 Å². The van der Waals surface area contributed by atoms with E-state index in [9.17, 15) is 13.2 Å². The molecule has 1 aromatic carbocycles. The highest BCUT2D eigenvalue weighted by Crippen LogP contribution is 2.14. The van der Waals surface area contributed by atoms with E-state index in [1.54, 1.807) is 0 Å². The molecule has 2 N–H and O–H groups in total. The molecular weight excluding hydrogens is 250 g/mol. The molecule has 0 bridgehead atoms. The summed E-state index contributed by atoms with van der Waals surface area (Å²) >= 11 is 0. The number of sulfone groups is 1. The summed E-state index contributed by atoms with van der Waals surface area (Å²) in [4.78, 5) is 11.6. The first-order valence-electron chi connectivity index (χ1n) is 5.88. The van der Waals surface area contributed by atoms with Crippen molar-refractivity contribution < 1.29 is 13.2 Å². The Balaban J connectivity index is 2.37. The standard InChI is InChI=1S/C13H19NO3S/c1-18(16,17)9-5-8-12(15)10-13(14)11-6-3-2-4-7-11/h2-4,6-7,13H,5,8-10,14H2,1H3. The Morgan fingerprint density at radius 3 is 2.44 bits per heavy atom. The highest BCUT2D eigenvalue weighted by molar-refractivity contribution is 7.90. The van der Waals surface area contributed by atoms with E-state index in [4.69, 9.17) is 5.73 Å². The molecule has 0 fully saturated rings. The first-order valence-corrected chi connectivity index (χ1v) is 7.94. The van der Waals surface area contributed by atoms with Crippen molar-refractivity contribution in [3.05, 3.63) is 35.9 Å². The van der Waals surface area contributed by atoms with Gasteiger partial charge in [-0.25, -0.2) is 8.42 Å². The number of Topliss-reactive ketones (excluding diaryl/α,β-unsaturated/α-hetero) is 1. The lowest BCUT2D eigenvalue weighted by molar-refractivity contribution is -0.119. The van der Waals surface area contributed by atoms with E-state index in [0.717, 1.165) is 5.56 Å². The van der Waals surface area contributed by atoms with Crippen LogP contribution in [0.15, 0.2) is 30.3 Å². The molecule has 0 radical (unpaired) electrons. The summed E-state index contributed by atoms with van der Waals surface area (Å²) < 4.78 is 21.8. The number of carbonyl (C=O) groups is 1. The van der Waals surface area contributed by atoms with Crippen LogP contribution in [-0.2, 0) is 14.6 Å². The zero-order chi connectivity index (χ0) is 13.6. The maximum Gasteiger partial charge on any atom is 0.147 e. The van der Waals surface area contributed by atoms with E-state index in [-0.39, 0.29) is 30.4 Å². The average Bonchev–Trinajstić information content (AvgIpc) is 2.28. The van der Waals surface area contributed by atoms with Crippen LogP contribution >= 0.6 is 0 Å². The van der Waals surface area contributed by atoms with Crippen LogP contribution in [0.25, 0.3) is 0 Å². The Labute approximate surface area is 108 Å². The fourth-order valence-corrected chi connectivity index (χ4v) is 2.37. The van der Waals surface area contributed by atoms with Gasteiger partial charge in [-0.3, -0.25) is 4.79 Å². The second kappa shape index (κ2) is 6.66. The fourth-order valence-electron chi connectivity index (χ4n) is 1.70. The SMILES string of the molecule is CS(=O)(=O)CCCC(=O)CC(N)c1ccccc1. The molecule has 4 nitrogen and oxygen atoms in total. The van der Waals surface area contributed by atoms with Gasteiger partial charge in [0.05, 0.1) is 5.75 Å². The second-order valence-corrected chi connectivity index (χ2v) is 6.75. The lowest BCUT2D eigenvalue weighted by Crippen LogP contribution is -2.16. The minimum absolute atomic E-state index is 0.00926. The van der Waals surface area contributed by atoms with Gasteiger partial charge in [0.2, 0.25) is 0 Å². The van der Waals surface area contributed by atoms with Gasteiger partial charge in [0.1, 0.15) is 15.6 Å². The van der Waals surface area contributed by atoms with Crippen molar-refractivity contribution in [1.82, 2.24) is 0 Å². The number of benzene rings is 1. The minimum Gasteiger partial charge on any atom is -0.324 e. The number of hydrogen-bond donors (Lipinski definition) is 1. The lowest BCUT2D eigenvalue weighted by Gasteiger charge is -2.10. The summed E-state index contributed by atoms with van der Waals surface area (Å²) in [7, 11) is -2.98. The minimum atomic E-state index is -2.98. The third-order valence-electron chi connectivity index (χ3n) is 2.65. The van der Waals surface area contributed by atoms with E-state index < -0.39 is 9.84 Å². The normalized spacial score (nSPS) is 13.2. The topological polar surface area (TPSA) is 77.2 Å². The quantitative estimate of drug-likeness (QED) is 0.813. The van der Waals surface area contributed by atoms with E-state index in [1.165, 1.54) is 6.26 Å². The fraction of sp³-hybridized carbons (Fsp3) is 0.462. The van der Waals surface area contributed by atoms with Gasteiger partial charge in [0.15, 0.2) is 0 Å². The van der Waals surface area contributed by atoms with Crippen LogP contribution in [0.4, 0.5) is 0 Å². The highest BCUT2D eigenvalue weighted by Gasteiger charge is 2.12. The maximum atomic E-state index is 11.6. The number of rotatable bonds is 7. The van der Waals surface area contributed by atoms with Crippen molar-refractivity contribution in [2.75, 3.05) is 12.0 Å². The Bertz CT molecular complexity index is 482. The summed E-state index contributed by atoms with van der Waals surface area (Å²) in [5.74, 6) is 0.0641. The van der Waals surface area contributed by atoms with Gasteiger partial charge in [-0.1, -0.05) is 30.3 Å². The number of hydrogen-bond acceptors (Lipinski definition) is 4. The summed E-state index contributed by atoms with van der Waals surface area (Å²) in [5, 5.41) is 0. The van der Waals surface area contributed by atoms with Crippen molar-refractivity contribution in [3.63, 3.8) is 0 Å². The molecule has 0 aliphatic heterocycles. The summed E-state index contributed by atoms with van der Waals surface area (Å²) in [6.45, 7) is 0. The summed E-state index contributed by atoms with van der Waals surface area (Å²) in [6.07, 6.45) is 2.08. The average molecular weight is 269 g/mol. The second-order valence-electron chi connectivity index (χ2n) is 4.49. The van der Waals surface area contributed by atoms with E-state index in [0.29, 0.717) is 6.42 Å². The van der Waals surface area contributed by atoms with Crippen molar-refractivity contribution in [2.45, 2.75) is 25.3 Å². The van der Waals surface area contributed by atoms with Crippen molar-refractivity contribution >= 4 is 15.6 Å². The van der Waals surface area contributed by atoms with Gasteiger partial charge in [0, 0.05) is 25.1 Å². The van der Waals surface area contributed by atoms with Crippen LogP contribution in [0.5, 0.6) is 0 Å². The van der Waals surface area contributed by atoms with Gasteiger partial charge in [-0.15, -0.1) is 0 Å². The third-order valence-corrected chi connectivity index (χ3v) is 3.68. The largest absolute Gasteiger partial charge is 0.324 e. The monoisotopic (exact) mass is 269 g/mol. The molecule has 0 saturated carbocycles. The molecule has 0 heterocycles. The molecular formula is C13H19NO3S. The van der Waals surface area contributed by atoms with Gasteiger partial charge >= 0.3 is 0 Å². The summed E-state index contributed by atoms with van der Waals surface area (Å²) in [5.41, 5.74) is 6.84. The highest BCUT2D eigenvalue weighted by atomic mass is 32.2. The predicted molar refractivity (Wildman–Crippen MR) is 71.9 cm³/mol.